The zero-order chi connectivity index (χ0) is 20.7. The molecule has 2 amide bonds. The number of carbonyl (C=O) groups is 2. The molecule has 0 radical (unpaired) electrons. The van der Waals surface area contributed by atoms with Gasteiger partial charge >= 0.3 is 0 Å². The standard InChI is InChI=1S/C20H23N3O4S/c1-13-7-8-17(14(2)11-13)21-20(25)18(9-10-28-3)22-19(24)15-5-4-6-16(12-15)23(26)27/h4-8,11-12,18H,9-10H2,1-3H3,(H,21,25)(H,22,24). The largest absolute Gasteiger partial charge is 0.340 e. The Morgan fingerprint density at radius 1 is 1.18 bits per heavy atom. The Kier molecular flexibility index (Phi) is 7.57. The topological polar surface area (TPSA) is 101 Å². The number of aryl methyl sites for hydroxylation is 2. The van der Waals surface area contributed by atoms with E-state index in [4.69, 9.17) is 0 Å². The Hall–Kier alpha value is -2.87. The van der Waals surface area contributed by atoms with Crippen molar-refractivity contribution in [3.8, 4) is 0 Å². The first-order valence-electron chi connectivity index (χ1n) is 8.74. The van der Waals surface area contributed by atoms with Crippen LogP contribution in [0.4, 0.5) is 11.4 Å². The zero-order valence-electron chi connectivity index (χ0n) is 16.0. The molecule has 2 aromatic carbocycles. The maximum Gasteiger partial charge on any atom is 0.270 e. The molecular formula is C20H23N3O4S. The highest BCUT2D eigenvalue weighted by molar-refractivity contribution is 7.98. The average molecular weight is 401 g/mol. The second-order valence-electron chi connectivity index (χ2n) is 6.42. The van der Waals surface area contributed by atoms with Gasteiger partial charge < -0.3 is 10.6 Å². The minimum atomic E-state index is -0.750. The molecule has 0 aromatic heterocycles. The Labute approximate surface area is 168 Å². The quantitative estimate of drug-likeness (QED) is 0.519. The number of hydrogen-bond donors (Lipinski definition) is 2. The van der Waals surface area contributed by atoms with Crippen molar-refractivity contribution in [1.82, 2.24) is 5.32 Å². The molecule has 1 atom stereocenters. The highest BCUT2D eigenvalue weighted by atomic mass is 32.2. The molecule has 0 aliphatic carbocycles. The number of benzene rings is 2. The van der Waals surface area contributed by atoms with Crippen LogP contribution in [-0.2, 0) is 4.79 Å². The van der Waals surface area contributed by atoms with Gasteiger partial charge in [0.1, 0.15) is 6.04 Å². The molecule has 0 bridgehead atoms. The molecule has 0 spiro atoms. The third-order valence-electron chi connectivity index (χ3n) is 4.19. The van der Waals surface area contributed by atoms with Crippen molar-refractivity contribution in [2.24, 2.45) is 0 Å². The molecule has 0 saturated heterocycles. The predicted octanol–water partition coefficient (Wildman–Crippen LogP) is 3.70. The third kappa shape index (κ3) is 5.82. The first-order chi connectivity index (χ1) is 13.3. The van der Waals surface area contributed by atoms with Crippen molar-refractivity contribution in [3.63, 3.8) is 0 Å². The summed E-state index contributed by atoms with van der Waals surface area (Å²) in [6, 6.07) is 10.4. The molecule has 2 N–H and O–H groups in total. The number of nitro groups is 1. The van der Waals surface area contributed by atoms with Crippen molar-refractivity contribution in [3.05, 3.63) is 69.3 Å². The summed E-state index contributed by atoms with van der Waals surface area (Å²) < 4.78 is 0. The number of hydrogen-bond acceptors (Lipinski definition) is 5. The van der Waals surface area contributed by atoms with E-state index < -0.39 is 16.9 Å². The number of nitrogens with zero attached hydrogens (tertiary/aromatic N) is 1. The summed E-state index contributed by atoms with van der Waals surface area (Å²) >= 11 is 1.57. The van der Waals surface area contributed by atoms with Gasteiger partial charge in [0.05, 0.1) is 4.92 Å². The maximum atomic E-state index is 12.8. The van der Waals surface area contributed by atoms with Crippen LogP contribution < -0.4 is 10.6 Å². The van der Waals surface area contributed by atoms with Crippen molar-refractivity contribution >= 4 is 35.0 Å². The second kappa shape index (κ2) is 9.89. The van der Waals surface area contributed by atoms with Gasteiger partial charge in [-0.05, 0) is 50.0 Å². The van der Waals surface area contributed by atoms with Crippen LogP contribution >= 0.6 is 11.8 Å². The number of nitrogens with one attached hydrogen (secondary N) is 2. The summed E-state index contributed by atoms with van der Waals surface area (Å²) in [5.41, 5.74) is 2.68. The van der Waals surface area contributed by atoms with Gasteiger partial charge in [0, 0.05) is 23.4 Å². The molecular weight excluding hydrogens is 378 g/mol. The smallest absolute Gasteiger partial charge is 0.270 e. The molecule has 7 nitrogen and oxygen atoms in total. The van der Waals surface area contributed by atoms with E-state index in [1.807, 2.05) is 38.3 Å². The molecule has 2 rings (SSSR count). The first-order valence-corrected chi connectivity index (χ1v) is 10.1. The van der Waals surface area contributed by atoms with Crippen molar-refractivity contribution < 1.29 is 14.5 Å². The highest BCUT2D eigenvalue weighted by Crippen LogP contribution is 2.17. The van der Waals surface area contributed by atoms with Crippen LogP contribution in [0.3, 0.4) is 0 Å². The summed E-state index contributed by atoms with van der Waals surface area (Å²) in [5, 5.41) is 16.5. The van der Waals surface area contributed by atoms with E-state index in [-0.39, 0.29) is 17.2 Å². The van der Waals surface area contributed by atoms with Gasteiger partial charge in [-0.25, -0.2) is 0 Å². The monoisotopic (exact) mass is 401 g/mol. The fourth-order valence-corrected chi connectivity index (χ4v) is 3.15. The van der Waals surface area contributed by atoms with Crippen LogP contribution in [0.2, 0.25) is 0 Å². The SMILES string of the molecule is CSCCC(NC(=O)c1cccc([N+](=O)[O-])c1)C(=O)Nc1ccc(C)cc1C. The number of non-ortho nitro benzene ring substituents is 1. The highest BCUT2D eigenvalue weighted by Gasteiger charge is 2.22. The Morgan fingerprint density at radius 3 is 2.57 bits per heavy atom. The van der Waals surface area contributed by atoms with E-state index in [2.05, 4.69) is 10.6 Å². The van der Waals surface area contributed by atoms with E-state index in [1.54, 1.807) is 11.8 Å². The summed E-state index contributed by atoms with van der Waals surface area (Å²) in [4.78, 5) is 35.6. The number of thioether (sulfide) groups is 1. The van der Waals surface area contributed by atoms with Crippen LogP contribution in [0.5, 0.6) is 0 Å². The predicted molar refractivity (Wildman–Crippen MR) is 112 cm³/mol. The lowest BCUT2D eigenvalue weighted by molar-refractivity contribution is -0.384. The molecule has 8 heteroatoms. The van der Waals surface area contributed by atoms with Gasteiger partial charge in [0.25, 0.3) is 11.6 Å². The Balaban J connectivity index is 2.15. The van der Waals surface area contributed by atoms with Gasteiger partial charge in [-0.1, -0.05) is 23.8 Å². The Morgan fingerprint density at radius 2 is 1.93 bits per heavy atom. The van der Waals surface area contributed by atoms with E-state index in [0.29, 0.717) is 17.9 Å². The second-order valence-corrected chi connectivity index (χ2v) is 7.41. The maximum absolute atomic E-state index is 12.8. The van der Waals surface area contributed by atoms with Crippen molar-refractivity contribution in [2.75, 3.05) is 17.3 Å². The zero-order valence-corrected chi connectivity index (χ0v) is 16.8. The number of anilines is 1. The fraction of sp³-hybridized carbons (Fsp3) is 0.300. The summed E-state index contributed by atoms with van der Waals surface area (Å²) in [6.45, 7) is 3.88. The van der Waals surface area contributed by atoms with Gasteiger partial charge in [-0.15, -0.1) is 0 Å². The van der Waals surface area contributed by atoms with Gasteiger partial charge in [0.15, 0.2) is 0 Å². The van der Waals surface area contributed by atoms with Crippen LogP contribution in [-0.4, -0.2) is 34.8 Å². The number of carbonyl (C=O) groups excluding carboxylic acids is 2. The van der Waals surface area contributed by atoms with Crippen molar-refractivity contribution in [1.29, 1.82) is 0 Å². The van der Waals surface area contributed by atoms with Gasteiger partial charge in [-0.3, -0.25) is 19.7 Å². The summed E-state index contributed by atoms with van der Waals surface area (Å²) in [7, 11) is 0. The molecule has 0 saturated carbocycles. The lowest BCUT2D eigenvalue weighted by Gasteiger charge is -2.19. The summed E-state index contributed by atoms with van der Waals surface area (Å²) in [6.07, 6.45) is 2.36. The molecule has 0 aliphatic heterocycles. The molecule has 148 valence electrons. The van der Waals surface area contributed by atoms with E-state index in [1.165, 1.54) is 24.3 Å². The molecule has 1 unspecified atom stereocenters. The summed E-state index contributed by atoms with van der Waals surface area (Å²) in [5.74, 6) is -0.162. The normalized spacial score (nSPS) is 11.5. The third-order valence-corrected chi connectivity index (χ3v) is 4.84. The first kappa shape index (κ1) is 21.4. The lowest BCUT2D eigenvalue weighted by atomic mass is 10.1. The van der Waals surface area contributed by atoms with Crippen LogP contribution in [0.15, 0.2) is 42.5 Å². The minimum absolute atomic E-state index is 0.141. The molecule has 2 aromatic rings. The minimum Gasteiger partial charge on any atom is -0.340 e. The lowest BCUT2D eigenvalue weighted by Crippen LogP contribution is -2.44. The van der Waals surface area contributed by atoms with E-state index >= 15 is 0 Å². The van der Waals surface area contributed by atoms with Gasteiger partial charge in [-0.2, -0.15) is 11.8 Å². The van der Waals surface area contributed by atoms with Gasteiger partial charge in [0.2, 0.25) is 5.91 Å². The van der Waals surface area contributed by atoms with Crippen molar-refractivity contribution in [2.45, 2.75) is 26.3 Å². The molecule has 0 fully saturated rings. The number of rotatable bonds is 8. The van der Waals surface area contributed by atoms with Crippen LogP contribution in [0, 0.1) is 24.0 Å². The fourth-order valence-electron chi connectivity index (χ4n) is 2.68. The Bertz CT molecular complexity index is 886. The molecule has 0 aliphatic rings. The number of nitro benzene ring substituents is 1. The number of amides is 2. The molecule has 28 heavy (non-hydrogen) atoms. The van der Waals surface area contributed by atoms with E-state index in [9.17, 15) is 19.7 Å². The average Bonchev–Trinajstić information content (AvgIpc) is 2.67. The van der Waals surface area contributed by atoms with Crippen LogP contribution in [0.1, 0.15) is 27.9 Å². The molecule has 0 heterocycles. The van der Waals surface area contributed by atoms with Crippen LogP contribution in [0.25, 0.3) is 0 Å². The van der Waals surface area contributed by atoms with E-state index in [0.717, 1.165) is 11.1 Å².